The highest BCUT2D eigenvalue weighted by Crippen LogP contribution is 2.05. The molecule has 0 aliphatic heterocycles. The van der Waals surface area contributed by atoms with Gasteiger partial charge in [0, 0.05) is 6.04 Å². The highest BCUT2D eigenvalue weighted by atomic mass is 16.1. The maximum atomic E-state index is 11.4. The molecule has 0 bridgehead atoms. The maximum Gasteiger partial charge on any atom is 0.234 e. The zero-order valence-electron chi connectivity index (χ0n) is 9.99. The van der Waals surface area contributed by atoms with E-state index in [1.807, 2.05) is 18.2 Å². The number of hydrogen-bond acceptors (Lipinski definition) is 2. The van der Waals surface area contributed by atoms with Crippen molar-refractivity contribution in [2.45, 2.75) is 25.8 Å². The Morgan fingerprint density at radius 1 is 1.31 bits per heavy atom. The van der Waals surface area contributed by atoms with Crippen LogP contribution in [0.15, 0.2) is 30.3 Å². The minimum Gasteiger partial charge on any atom is -0.352 e. The molecule has 1 amide bonds. The van der Waals surface area contributed by atoms with Crippen LogP contribution in [0, 0.1) is 0 Å². The molecule has 0 aliphatic carbocycles. The minimum atomic E-state index is 0.0604. The van der Waals surface area contributed by atoms with Crippen LogP contribution in [0.5, 0.6) is 0 Å². The van der Waals surface area contributed by atoms with Crippen molar-refractivity contribution < 1.29 is 4.79 Å². The molecule has 1 atom stereocenters. The first kappa shape index (κ1) is 12.7. The van der Waals surface area contributed by atoms with Crippen LogP contribution in [0.25, 0.3) is 0 Å². The summed E-state index contributed by atoms with van der Waals surface area (Å²) in [7, 11) is 1.78. The van der Waals surface area contributed by atoms with Gasteiger partial charge in [-0.2, -0.15) is 0 Å². The van der Waals surface area contributed by atoms with Gasteiger partial charge >= 0.3 is 0 Å². The summed E-state index contributed by atoms with van der Waals surface area (Å²) in [5, 5.41) is 5.86. The molecular weight excluding hydrogens is 200 g/mol. The second kappa shape index (κ2) is 7.01. The fourth-order valence-corrected chi connectivity index (χ4v) is 1.64. The number of benzene rings is 1. The summed E-state index contributed by atoms with van der Waals surface area (Å²) in [4.78, 5) is 11.4. The molecule has 0 spiro atoms. The smallest absolute Gasteiger partial charge is 0.234 e. The second-order valence-corrected chi connectivity index (χ2v) is 3.89. The van der Waals surface area contributed by atoms with E-state index < -0.39 is 0 Å². The molecule has 88 valence electrons. The average molecular weight is 220 g/mol. The number of likely N-dealkylation sites (N-methyl/N-ethyl adjacent to an activating group) is 1. The number of carbonyl (C=O) groups excluding carboxylic acids is 1. The van der Waals surface area contributed by atoms with E-state index in [4.69, 9.17) is 0 Å². The van der Waals surface area contributed by atoms with Crippen molar-refractivity contribution >= 4 is 5.91 Å². The second-order valence-electron chi connectivity index (χ2n) is 3.89. The SMILES string of the molecule is CCC(Cc1ccccc1)NC(=O)CNC. The van der Waals surface area contributed by atoms with Crippen molar-refractivity contribution in [2.24, 2.45) is 0 Å². The predicted octanol–water partition coefficient (Wildman–Crippen LogP) is 1.34. The Morgan fingerprint density at radius 2 is 2.00 bits per heavy atom. The van der Waals surface area contributed by atoms with Gasteiger partial charge in [-0.25, -0.2) is 0 Å². The molecule has 0 fully saturated rings. The third-order valence-corrected chi connectivity index (χ3v) is 2.52. The molecule has 0 saturated heterocycles. The van der Waals surface area contributed by atoms with Gasteiger partial charge in [-0.3, -0.25) is 4.79 Å². The van der Waals surface area contributed by atoms with Crippen molar-refractivity contribution in [1.29, 1.82) is 0 Å². The van der Waals surface area contributed by atoms with Gasteiger partial charge in [0.15, 0.2) is 0 Å². The molecular formula is C13H20N2O. The third kappa shape index (κ3) is 4.45. The van der Waals surface area contributed by atoms with E-state index in [-0.39, 0.29) is 11.9 Å². The van der Waals surface area contributed by atoms with Crippen molar-refractivity contribution in [1.82, 2.24) is 10.6 Å². The maximum absolute atomic E-state index is 11.4. The minimum absolute atomic E-state index is 0.0604. The first-order chi connectivity index (χ1) is 7.76. The lowest BCUT2D eigenvalue weighted by Gasteiger charge is -2.16. The molecule has 3 heteroatoms. The number of carbonyl (C=O) groups is 1. The van der Waals surface area contributed by atoms with Crippen molar-refractivity contribution in [3.8, 4) is 0 Å². The van der Waals surface area contributed by atoms with Gasteiger partial charge in [-0.1, -0.05) is 37.3 Å². The molecule has 0 aromatic heterocycles. The zero-order chi connectivity index (χ0) is 11.8. The summed E-state index contributed by atoms with van der Waals surface area (Å²) in [6.45, 7) is 2.47. The summed E-state index contributed by atoms with van der Waals surface area (Å²) in [5.41, 5.74) is 1.26. The fraction of sp³-hybridized carbons (Fsp3) is 0.462. The highest BCUT2D eigenvalue weighted by molar-refractivity contribution is 5.78. The van der Waals surface area contributed by atoms with Crippen LogP contribution in [0.3, 0.4) is 0 Å². The highest BCUT2D eigenvalue weighted by Gasteiger charge is 2.09. The molecule has 0 saturated carbocycles. The van der Waals surface area contributed by atoms with Crippen molar-refractivity contribution in [3.05, 3.63) is 35.9 Å². The van der Waals surface area contributed by atoms with Crippen LogP contribution < -0.4 is 10.6 Å². The van der Waals surface area contributed by atoms with Gasteiger partial charge in [-0.15, -0.1) is 0 Å². The molecule has 0 heterocycles. The standard InChI is InChI=1S/C13H20N2O/c1-3-12(15-13(16)10-14-2)9-11-7-5-4-6-8-11/h4-8,12,14H,3,9-10H2,1-2H3,(H,15,16). The number of hydrogen-bond donors (Lipinski definition) is 2. The van der Waals surface area contributed by atoms with Gasteiger partial charge in [-0.05, 0) is 25.5 Å². The Balaban J connectivity index is 2.46. The monoisotopic (exact) mass is 220 g/mol. The Hall–Kier alpha value is -1.35. The van der Waals surface area contributed by atoms with E-state index in [9.17, 15) is 4.79 Å². The predicted molar refractivity (Wildman–Crippen MR) is 66.3 cm³/mol. The molecule has 1 aromatic carbocycles. The first-order valence-corrected chi connectivity index (χ1v) is 5.74. The summed E-state index contributed by atoms with van der Waals surface area (Å²) in [5.74, 6) is 0.0604. The van der Waals surface area contributed by atoms with Crippen LogP contribution in [0.1, 0.15) is 18.9 Å². The zero-order valence-corrected chi connectivity index (χ0v) is 9.99. The molecule has 0 radical (unpaired) electrons. The number of amides is 1. The van der Waals surface area contributed by atoms with Crippen LogP contribution in [-0.4, -0.2) is 25.5 Å². The van der Waals surface area contributed by atoms with Crippen LogP contribution in [0.4, 0.5) is 0 Å². The van der Waals surface area contributed by atoms with Crippen molar-refractivity contribution in [2.75, 3.05) is 13.6 Å². The van der Waals surface area contributed by atoms with Gasteiger partial charge in [0.05, 0.1) is 6.54 Å². The largest absolute Gasteiger partial charge is 0.352 e. The fourth-order valence-electron chi connectivity index (χ4n) is 1.64. The molecule has 1 unspecified atom stereocenters. The lowest BCUT2D eigenvalue weighted by molar-refractivity contribution is -0.120. The number of nitrogens with one attached hydrogen (secondary N) is 2. The lowest BCUT2D eigenvalue weighted by Crippen LogP contribution is -2.40. The van der Waals surface area contributed by atoms with E-state index in [0.717, 1.165) is 12.8 Å². The molecule has 1 rings (SSSR count). The summed E-state index contributed by atoms with van der Waals surface area (Å²) < 4.78 is 0. The van der Waals surface area contributed by atoms with E-state index in [0.29, 0.717) is 6.54 Å². The van der Waals surface area contributed by atoms with Crippen molar-refractivity contribution in [3.63, 3.8) is 0 Å². The Kier molecular flexibility index (Phi) is 5.57. The molecule has 3 nitrogen and oxygen atoms in total. The average Bonchev–Trinajstić information content (AvgIpc) is 2.30. The van der Waals surface area contributed by atoms with Gasteiger partial charge in [0.2, 0.25) is 5.91 Å². The Morgan fingerprint density at radius 3 is 2.56 bits per heavy atom. The Labute approximate surface area is 97.2 Å². The van der Waals surface area contributed by atoms with Crippen LogP contribution in [0.2, 0.25) is 0 Å². The van der Waals surface area contributed by atoms with E-state index in [1.54, 1.807) is 7.05 Å². The van der Waals surface area contributed by atoms with Gasteiger partial charge in [0.25, 0.3) is 0 Å². The third-order valence-electron chi connectivity index (χ3n) is 2.52. The van der Waals surface area contributed by atoms with Crippen LogP contribution in [-0.2, 0) is 11.2 Å². The van der Waals surface area contributed by atoms with E-state index in [2.05, 4.69) is 29.7 Å². The van der Waals surface area contributed by atoms with Gasteiger partial charge < -0.3 is 10.6 Å². The number of rotatable bonds is 6. The molecule has 2 N–H and O–H groups in total. The van der Waals surface area contributed by atoms with E-state index >= 15 is 0 Å². The van der Waals surface area contributed by atoms with E-state index in [1.165, 1.54) is 5.56 Å². The molecule has 0 aliphatic rings. The van der Waals surface area contributed by atoms with Gasteiger partial charge in [0.1, 0.15) is 0 Å². The molecule has 1 aromatic rings. The van der Waals surface area contributed by atoms with Crippen LogP contribution >= 0.6 is 0 Å². The Bertz CT molecular complexity index is 311. The normalized spacial score (nSPS) is 12.1. The summed E-state index contributed by atoms with van der Waals surface area (Å²) in [6, 6.07) is 10.5. The molecule has 16 heavy (non-hydrogen) atoms. The lowest BCUT2D eigenvalue weighted by atomic mass is 10.0. The topological polar surface area (TPSA) is 41.1 Å². The summed E-state index contributed by atoms with van der Waals surface area (Å²) in [6.07, 6.45) is 1.84. The quantitative estimate of drug-likeness (QED) is 0.759. The first-order valence-electron chi connectivity index (χ1n) is 5.74. The summed E-state index contributed by atoms with van der Waals surface area (Å²) >= 11 is 0.